The Balaban J connectivity index is 4.44. The van der Waals surface area contributed by atoms with Crippen molar-refractivity contribution < 1.29 is 4.79 Å². The molecular formula is C20H41NO. The van der Waals surface area contributed by atoms with E-state index in [1.165, 1.54) is 25.7 Å². The van der Waals surface area contributed by atoms with Gasteiger partial charge in [-0.1, -0.05) is 67.7 Å². The molecule has 132 valence electrons. The highest BCUT2D eigenvalue weighted by Gasteiger charge is 2.19. The molecule has 22 heavy (non-hydrogen) atoms. The Hall–Kier alpha value is -0.530. The van der Waals surface area contributed by atoms with Crippen molar-refractivity contribution in [2.45, 2.75) is 99.5 Å². The summed E-state index contributed by atoms with van der Waals surface area (Å²) in [6.07, 6.45) is 7.94. The fraction of sp³-hybridized carbons (Fsp3) is 0.950. The molecule has 0 aliphatic heterocycles. The van der Waals surface area contributed by atoms with Crippen molar-refractivity contribution in [3.8, 4) is 0 Å². The van der Waals surface area contributed by atoms with Crippen LogP contribution in [0.1, 0.15) is 93.4 Å². The maximum Gasteiger partial charge on any atom is 0.219 e. The van der Waals surface area contributed by atoms with E-state index >= 15 is 0 Å². The van der Waals surface area contributed by atoms with Crippen LogP contribution in [0.2, 0.25) is 0 Å². The third-order valence-electron chi connectivity index (χ3n) is 4.80. The Morgan fingerprint density at radius 1 is 0.818 bits per heavy atom. The zero-order valence-corrected chi connectivity index (χ0v) is 16.2. The Morgan fingerprint density at radius 3 is 1.91 bits per heavy atom. The molecule has 4 atom stereocenters. The number of hydrogen-bond acceptors (Lipinski definition) is 1. The Morgan fingerprint density at radius 2 is 1.41 bits per heavy atom. The van der Waals surface area contributed by atoms with Gasteiger partial charge in [-0.3, -0.25) is 4.79 Å². The number of carbonyl (C=O) groups excluding carboxylic acids is 1. The first-order chi connectivity index (χ1) is 10.3. The van der Waals surface area contributed by atoms with Crippen molar-refractivity contribution in [2.75, 3.05) is 0 Å². The molecule has 0 saturated heterocycles. The van der Waals surface area contributed by atoms with Crippen LogP contribution in [0.15, 0.2) is 0 Å². The van der Waals surface area contributed by atoms with Crippen LogP contribution in [0.25, 0.3) is 0 Å². The molecule has 4 unspecified atom stereocenters. The van der Waals surface area contributed by atoms with Crippen LogP contribution in [-0.2, 0) is 4.79 Å². The molecule has 0 fully saturated rings. The lowest BCUT2D eigenvalue weighted by molar-refractivity contribution is -0.121. The SMILES string of the molecule is CCC(=O)NC(CC(C)CCC(C)C)CC(C)CC(C)CC. The highest BCUT2D eigenvalue weighted by Crippen LogP contribution is 2.24. The Kier molecular flexibility index (Phi) is 11.7. The van der Waals surface area contributed by atoms with Gasteiger partial charge in [-0.2, -0.15) is 0 Å². The number of carbonyl (C=O) groups is 1. The van der Waals surface area contributed by atoms with Crippen molar-refractivity contribution in [2.24, 2.45) is 23.7 Å². The number of hydrogen-bond donors (Lipinski definition) is 1. The Bertz CT molecular complexity index is 287. The zero-order valence-electron chi connectivity index (χ0n) is 16.2. The van der Waals surface area contributed by atoms with E-state index < -0.39 is 0 Å². The lowest BCUT2D eigenvalue weighted by atomic mass is 9.86. The zero-order chi connectivity index (χ0) is 17.1. The van der Waals surface area contributed by atoms with E-state index in [2.05, 4.69) is 46.9 Å². The molecule has 0 spiro atoms. The summed E-state index contributed by atoms with van der Waals surface area (Å²) in [7, 11) is 0. The highest BCUT2D eigenvalue weighted by molar-refractivity contribution is 5.75. The molecule has 0 aromatic heterocycles. The molecule has 1 N–H and O–H groups in total. The minimum Gasteiger partial charge on any atom is -0.353 e. The summed E-state index contributed by atoms with van der Waals surface area (Å²) in [5.74, 6) is 3.15. The molecule has 0 aromatic rings. The molecule has 0 aliphatic carbocycles. The van der Waals surface area contributed by atoms with Crippen LogP contribution < -0.4 is 5.32 Å². The second-order valence-electron chi connectivity index (χ2n) is 8.02. The van der Waals surface area contributed by atoms with Gasteiger partial charge in [0.05, 0.1) is 0 Å². The second-order valence-corrected chi connectivity index (χ2v) is 8.02. The van der Waals surface area contributed by atoms with Crippen LogP contribution in [-0.4, -0.2) is 11.9 Å². The van der Waals surface area contributed by atoms with Crippen LogP contribution >= 0.6 is 0 Å². The maximum atomic E-state index is 11.8. The minimum absolute atomic E-state index is 0.205. The predicted octanol–water partition coefficient (Wildman–Crippen LogP) is 5.81. The third kappa shape index (κ3) is 11.1. The number of amides is 1. The maximum absolute atomic E-state index is 11.8. The van der Waals surface area contributed by atoms with E-state index in [1.54, 1.807) is 0 Å². The first-order valence-corrected chi connectivity index (χ1v) is 9.57. The lowest BCUT2D eigenvalue weighted by Crippen LogP contribution is -2.37. The fourth-order valence-electron chi connectivity index (χ4n) is 3.20. The molecule has 0 rings (SSSR count). The second kappa shape index (κ2) is 12.0. The molecule has 0 radical (unpaired) electrons. The van der Waals surface area contributed by atoms with Crippen molar-refractivity contribution in [3.05, 3.63) is 0 Å². The first kappa shape index (κ1) is 21.5. The number of rotatable bonds is 12. The van der Waals surface area contributed by atoms with Crippen molar-refractivity contribution in [1.29, 1.82) is 0 Å². The highest BCUT2D eigenvalue weighted by atomic mass is 16.1. The summed E-state index contributed by atoms with van der Waals surface area (Å²) in [5.41, 5.74) is 0. The predicted molar refractivity (Wildman–Crippen MR) is 97.9 cm³/mol. The smallest absolute Gasteiger partial charge is 0.219 e. The fourth-order valence-corrected chi connectivity index (χ4v) is 3.20. The van der Waals surface area contributed by atoms with Gasteiger partial charge in [-0.05, 0) is 42.9 Å². The van der Waals surface area contributed by atoms with Crippen LogP contribution in [0.5, 0.6) is 0 Å². The van der Waals surface area contributed by atoms with Gasteiger partial charge in [0.15, 0.2) is 0 Å². The topological polar surface area (TPSA) is 29.1 Å². The number of nitrogens with one attached hydrogen (secondary N) is 1. The molecule has 2 nitrogen and oxygen atoms in total. The van der Waals surface area contributed by atoms with Gasteiger partial charge in [0.1, 0.15) is 0 Å². The third-order valence-corrected chi connectivity index (χ3v) is 4.80. The van der Waals surface area contributed by atoms with Gasteiger partial charge in [-0.25, -0.2) is 0 Å². The minimum atomic E-state index is 0.205. The van der Waals surface area contributed by atoms with Crippen molar-refractivity contribution in [3.63, 3.8) is 0 Å². The van der Waals surface area contributed by atoms with Crippen molar-refractivity contribution >= 4 is 5.91 Å². The first-order valence-electron chi connectivity index (χ1n) is 9.57. The summed E-state index contributed by atoms with van der Waals surface area (Å²) < 4.78 is 0. The summed E-state index contributed by atoms with van der Waals surface area (Å²) in [6, 6.07) is 0.355. The summed E-state index contributed by atoms with van der Waals surface area (Å²) >= 11 is 0. The van der Waals surface area contributed by atoms with E-state index in [1.807, 2.05) is 6.92 Å². The van der Waals surface area contributed by atoms with E-state index in [0.29, 0.717) is 24.3 Å². The van der Waals surface area contributed by atoms with E-state index in [0.717, 1.165) is 24.7 Å². The molecule has 1 amide bonds. The van der Waals surface area contributed by atoms with Gasteiger partial charge < -0.3 is 5.32 Å². The normalized spacial score (nSPS) is 17.1. The van der Waals surface area contributed by atoms with Crippen LogP contribution in [0.4, 0.5) is 0 Å². The lowest BCUT2D eigenvalue weighted by Gasteiger charge is -2.26. The van der Waals surface area contributed by atoms with Gasteiger partial charge in [0, 0.05) is 12.5 Å². The van der Waals surface area contributed by atoms with Crippen LogP contribution in [0, 0.1) is 23.7 Å². The van der Waals surface area contributed by atoms with Crippen molar-refractivity contribution in [1.82, 2.24) is 5.32 Å². The van der Waals surface area contributed by atoms with Gasteiger partial charge in [-0.15, -0.1) is 0 Å². The molecular weight excluding hydrogens is 270 g/mol. The summed E-state index contributed by atoms with van der Waals surface area (Å²) in [5, 5.41) is 3.27. The molecule has 0 aromatic carbocycles. The standard InChI is InChI=1S/C20H41NO/c1-8-16(5)12-18(7)14-19(21-20(22)9-2)13-17(6)11-10-15(3)4/h15-19H,8-14H2,1-7H3,(H,21,22). The summed E-state index contributed by atoms with van der Waals surface area (Å²) in [6.45, 7) is 15.8. The van der Waals surface area contributed by atoms with E-state index in [9.17, 15) is 4.79 Å². The van der Waals surface area contributed by atoms with Gasteiger partial charge in [0.2, 0.25) is 5.91 Å². The molecule has 0 bridgehead atoms. The average Bonchev–Trinajstić information content (AvgIpc) is 2.44. The monoisotopic (exact) mass is 311 g/mol. The molecule has 0 heterocycles. The average molecular weight is 312 g/mol. The summed E-state index contributed by atoms with van der Waals surface area (Å²) in [4.78, 5) is 11.8. The van der Waals surface area contributed by atoms with Gasteiger partial charge in [0.25, 0.3) is 0 Å². The quantitative estimate of drug-likeness (QED) is 0.484. The van der Waals surface area contributed by atoms with Crippen LogP contribution in [0.3, 0.4) is 0 Å². The van der Waals surface area contributed by atoms with E-state index in [-0.39, 0.29) is 5.91 Å². The molecule has 0 saturated carbocycles. The Labute approximate surface area is 139 Å². The molecule has 0 aliphatic rings. The van der Waals surface area contributed by atoms with E-state index in [4.69, 9.17) is 0 Å². The van der Waals surface area contributed by atoms with Gasteiger partial charge >= 0.3 is 0 Å². The molecule has 2 heteroatoms. The largest absolute Gasteiger partial charge is 0.353 e.